The summed E-state index contributed by atoms with van der Waals surface area (Å²) < 4.78 is 39.9. The average Bonchev–Trinajstić information content (AvgIpc) is 2.25. The lowest BCUT2D eigenvalue weighted by Crippen LogP contribution is -2.20. The molecule has 19 heavy (non-hydrogen) atoms. The van der Waals surface area contributed by atoms with E-state index in [0.29, 0.717) is 5.92 Å². The Labute approximate surface area is 116 Å². The van der Waals surface area contributed by atoms with Crippen LogP contribution in [0.25, 0.3) is 0 Å². The molecule has 0 amide bonds. The second kappa shape index (κ2) is 6.51. The van der Waals surface area contributed by atoms with Gasteiger partial charge in [-0.2, -0.15) is 0 Å². The van der Waals surface area contributed by atoms with Crippen LogP contribution in [-0.4, -0.2) is 11.7 Å². The van der Waals surface area contributed by atoms with Gasteiger partial charge in [0.25, 0.3) is 0 Å². The highest BCUT2D eigenvalue weighted by Gasteiger charge is 2.31. The smallest absolute Gasteiger partial charge is 0.406 e. The summed E-state index contributed by atoms with van der Waals surface area (Å²) >= 11 is 6.13. The lowest BCUT2D eigenvalue weighted by atomic mass is 9.87. The summed E-state index contributed by atoms with van der Waals surface area (Å²) in [5.74, 6) is 0.505. The molecule has 0 aliphatic rings. The van der Waals surface area contributed by atoms with Crippen LogP contribution < -0.4 is 4.74 Å². The maximum absolute atomic E-state index is 12.0. The number of benzene rings is 1. The number of hydrogen-bond acceptors (Lipinski definition) is 1. The zero-order valence-corrected chi connectivity index (χ0v) is 11.9. The van der Waals surface area contributed by atoms with Gasteiger partial charge >= 0.3 is 6.36 Å². The molecular formula is C14H18ClF3O. The van der Waals surface area contributed by atoms with Crippen molar-refractivity contribution < 1.29 is 17.9 Å². The van der Waals surface area contributed by atoms with Crippen molar-refractivity contribution in [3.05, 3.63) is 29.8 Å². The fourth-order valence-electron chi connectivity index (χ4n) is 2.03. The summed E-state index contributed by atoms with van der Waals surface area (Å²) in [5.41, 5.74) is 0.959. The molecule has 0 fully saturated rings. The van der Waals surface area contributed by atoms with Crippen molar-refractivity contribution in [1.82, 2.24) is 0 Å². The molecule has 0 radical (unpaired) electrons. The van der Waals surface area contributed by atoms with E-state index in [4.69, 9.17) is 11.6 Å². The van der Waals surface area contributed by atoms with Crippen molar-refractivity contribution in [2.24, 2.45) is 11.8 Å². The number of ether oxygens (including phenoxy) is 1. The zero-order valence-electron chi connectivity index (χ0n) is 11.2. The van der Waals surface area contributed by atoms with Crippen LogP contribution in [0.2, 0.25) is 0 Å². The Kier molecular flexibility index (Phi) is 5.53. The lowest BCUT2D eigenvalue weighted by Gasteiger charge is -2.23. The number of rotatable bonds is 5. The summed E-state index contributed by atoms with van der Waals surface area (Å²) in [7, 11) is 0. The van der Waals surface area contributed by atoms with Gasteiger partial charge in [-0.3, -0.25) is 0 Å². The number of hydrogen-bond donors (Lipinski definition) is 0. The summed E-state index contributed by atoms with van der Waals surface area (Å²) in [5, 5.41) is 0.0195. The first-order chi connectivity index (χ1) is 8.69. The average molecular weight is 295 g/mol. The first kappa shape index (κ1) is 16.2. The normalized spacial score (nSPS) is 15.4. The van der Waals surface area contributed by atoms with E-state index >= 15 is 0 Å². The first-order valence-corrected chi connectivity index (χ1v) is 6.61. The van der Waals surface area contributed by atoms with Gasteiger partial charge in [-0.1, -0.05) is 26.0 Å². The lowest BCUT2D eigenvalue weighted by molar-refractivity contribution is -0.274. The van der Waals surface area contributed by atoms with E-state index in [0.717, 1.165) is 12.0 Å². The van der Waals surface area contributed by atoms with Gasteiger partial charge in [0, 0.05) is 5.38 Å². The Hall–Kier alpha value is -0.900. The molecule has 1 nitrogen and oxygen atoms in total. The third-order valence-corrected chi connectivity index (χ3v) is 3.40. The van der Waals surface area contributed by atoms with Crippen molar-refractivity contribution in [2.75, 3.05) is 0 Å². The van der Waals surface area contributed by atoms with Gasteiger partial charge in [-0.25, -0.2) is 0 Å². The minimum atomic E-state index is -4.65. The fourth-order valence-corrected chi connectivity index (χ4v) is 2.41. The van der Waals surface area contributed by atoms with Gasteiger partial charge in [0.2, 0.25) is 0 Å². The molecule has 0 saturated carbocycles. The van der Waals surface area contributed by atoms with Crippen molar-refractivity contribution >= 4 is 11.6 Å². The van der Waals surface area contributed by atoms with Crippen LogP contribution in [0.3, 0.4) is 0 Å². The minimum absolute atomic E-state index is 0.0195. The predicted octanol–water partition coefficient (Wildman–Crippen LogP) is 5.03. The molecule has 1 aromatic rings. The second-order valence-electron chi connectivity index (χ2n) is 4.98. The quantitative estimate of drug-likeness (QED) is 0.692. The maximum Gasteiger partial charge on any atom is 0.573 e. The number of alkyl halides is 4. The predicted molar refractivity (Wildman–Crippen MR) is 70.5 cm³/mol. The molecule has 5 heteroatoms. The van der Waals surface area contributed by atoms with Crippen LogP contribution in [0.4, 0.5) is 13.2 Å². The van der Waals surface area contributed by atoms with Crippen molar-refractivity contribution in [3.8, 4) is 5.75 Å². The highest BCUT2D eigenvalue weighted by atomic mass is 35.5. The molecule has 0 aliphatic heterocycles. The molecule has 108 valence electrons. The molecule has 0 N–H and O–H groups in total. The zero-order chi connectivity index (χ0) is 14.6. The first-order valence-electron chi connectivity index (χ1n) is 6.18. The van der Waals surface area contributed by atoms with Gasteiger partial charge in [0.15, 0.2) is 0 Å². The van der Waals surface area contributed by atoms with Crippen molar-refractivity contribution in [1.29, 1.82) is 0 Å². The largest absolute Gasteiger partial charge is 0.573 e. The molecule has 0 spiro atoms. The Morgan fingerprint density at radius 3 is 2.00 bits per heavy atom. The summed E-state index contributed by atoms with van der Waals surface area (Å²) in [6.07, 6.45) is -3.90. The van der Waals surface area contributed by atoms with E-state index in [2.05, 4.69) is 18.6 Å². The molecule has 0 heterocycles. The highest BCUT2D eigenvalue weighted by Crippen LogP contribution is 2.27. The van der Waals surface area contributed by atoms with Gasteiger partial charge in [0.1, 0.15) is 5.75 Å². The molecule has 1 rings (SSSR count). The van der Waals surface area contributed by atoms with Crippen LogP contribution >= 0.6 is 11.6 Å². The second-order valence-corrected chi connectivity index (χ2v) is 5.67. The Balaban J connectivity index is 2.71. The SMILES string of the molecule is CC(C)C(Cc1ccc(OC(F)(F)F)cc1)C(C)Cl. The summed E-state index contributed by atoms with van der Waals surface area (Å²) in [4.78, 5) is 0. The van der Waals surface area contributed by atoms with Gasteiger partial charge in [0.05, 0.1) is 0 Å². The van der Waals surface area contributed by atoms with Crippen LogP contribution in [0.5, 0.6) is 5.75 Å². The van der Waals surface area contributed by atoms with Gasteiger partial charge < -0.3 is 4.74 Å². The fraction of sp³-hybridized carbons (Fsp3) is 0.571. The summed E-state index contributed by atoms with van der Waals surface area (Å²) in [6, 6.07) is 5.96. The Bertz CT molecular complexity index is 377. The number of halogens is 4. The third kappa shape index (κ3) is 5.72. The van der Waals surface area contributed by atoms with E-state index in [1.165, 1.54) is 12.1 Å². The standard InChI is InChI=1S/C14H18ClF3O/c1-9(2)13(10(3)15)8-11-4-6-12(7-5-11)19-14(16,17)18/h4-7,9-10,13H,8H2,1-3H3. The molecular weight excluding hydrogens is 277 g/mol. The Morgan fingerprint density at radius 1 is 1.11 bits per heavy atom. The van der Waals surface area contributed by atoms with Gasteiger partial charge in [-0.15, -0.1) is 24.8 Å². The molecule has 1 aromatic carbocycles. The summed E-state index contributed by atoms with van der Waals surface area (Å²) in [6.45, 7) is 6.11. The van der Waals surface area contributed by atoms with Crippen LogP contribution in [0.15, 0.2) is 24.3 Å². The van der Waals surface area contributed by atoms with Crippen molar-refractivity contribution in [3.63, 3.8) is 0 Å². The molecule has 0 bridgehead atoms. The van der Waals surface area contributed by atoms with Gasteiger partial charge in [-0.05, 0) is 42.9 Å². The monoisotopic (exact) mass is 294 g/mol. The molecule has 0 aromatic heterocycles. The van der Waals surface area contributed by atoms with E-state index in [-0.39, 0.29) is 17.0 Å². The molecule has 0 saturated heterocycles. The van der Waals surface area contributed by atoms with Crippen LogP contribution in [0, 0.1) is 11.8 Å². The van der Waals surface area contributed by atoms with E-state index in [1.807, 2.05) is 6.92 Å². The molecule has 2 atom stereocenters. The Morgan fingerprint density at radius 2 is 1.63 bits per heavy atom. The molecule has 2 unspecified atom stereocenters. The van der Waals surface area contributed by atoms with Crippen LogP contribution in [-0.2, 0) is 6.42 Å². The third-order valence-electron chi connectivity index (χ3n) is 3.07. The van der Waals surface area contributed by atoms with E-state index in [1.54, 1.807) is 12.1 Å². The van der Waals surface area contributed by atoms with Crippen LogP contribution in [0.1, 0.15) is 26.3 Å². The molecule has 0 aliphatic carbocycles. The minimum Gasteiger partial charge on any atom is -0.406 e. The highest BCUT2D eigenvalue weighted by molar-refractivity contribution is 6.20. The van der Waals surface area contributed by atoms with Crippen molar-refractivity contribution in [2.45, 2.75) is 38.9 Å². The maximum atomic E-state index is 12.0. The van der Waals surface area contributed by atoms with E-state index in [9.17, 15) is 13.2 Å². The van der Waals surface area contributed by atoms with E-state index < -0.39 is 6.36 Å². The topological polar surface area (TPSA) is 9.23 Å².